The summed E-state index contributed by atoms with van der Waals surface area (Å²) in [5.74, 6) is 0.835. The number of nitrogens with one attached hydrogen (secondary N) is 1. The number of benzene rings is 2. The first kappa shape index (κ1) is 13.5. The van der Waals surface area contributed by atoms with Crippen molar-refractivity contribution in [3.05, 3.63) is 79.1 Å². The second kappa shape index (κ2) is 5.54. The number of fused-ring (bicyclic) bond motifs is 3. The molecule has 0 unspecified atom stereocenters. The minimum atomic E-state index is 0.835. The molecule has 0 radical (unpaired) electrons. The summed E-state index contributed by atoms with van der Waals surface area (Å²) in [5, 5.41) is 6.65. The third kappa shape index (κ3) is 2.42. The van der Waals surface area contributed by atoms with E-state index in [0.717, 1.165) is 38.7 Å². The highest BCUT2D eigenvalue weighted by Crippen LogP contribution is 2.30. The van der Waals surface area contributed by atoms with E-state index in [1.54, 1.807) is 6.20 Å². The van der Waals surface area contributed by atoms with Crippen LogP contribution in [0.5, 0.6) is 0 Å². The Hall–Kier alpha value is -3.20. The summed E-state index contributed by atoms with van der Waals surface area (Å²) in [4.78, 5) is 9.10. The molecule has 4 aromatic rings. The van der Waals surface area contributed by atoms with Crippen LogP contribution in [0.4, 0.5) is 11.5 Å². The van der Waals surface area contributed by atoms with Crippen LogP contribution in [0.15, 0.2) is 73.6 Å². The molecule has 0 saturated heterocycles. The number of hydrogen-bond acceptors (Lipinski definition) is 3. The molecule has 0 spiro atoms. The van der Waals surface area contributed by atoms with Crippen LogP contribution < -0.4 is 5.32 Å². The maximum atomic E-state index is 4.82. The van der Waals surface area contributed by atoms with Crippen molar-refractivity contribution < 1.29 is 0 Å². The first-order chi connectivity index (χ1) is 11.3. The third-order valence-corrected chi connectivity index (χ3v) is 3.89. The zero-order valence-electron chi connectivity index (χ0n) is 12.5. The van der Waals surface area contributed by atoms with Crippen LogP contribution in [-0.2, 0) is 0 Å². The molecule has 110 valence electrons. The van der Waals surface area contributed by atoms with Crippen LogP contribution in [0.1, 0.15) is 5.56 Å². The van der Waals surface area contributed by atoms with Gasteiger partial charge in [0.25, 0.3) is 0 Å². The van der Waals surface area contributed by atoms with Crippen LogP contribution >= 0.6 is 0 Å². The second-order valence-corrected chi connectivity index (χ2v) is 5.35. The molecular weight excluding hydrogens is 282 g/mol. The summed E-state index contributed by atoms with van der Waals surface area (Å²) >= 11 is 0. The van der Waals surface area contributed by atoms with Crippen molar-refractivity contribution in [2.45, 2.75) is 0 Å². The molecule has 0 aliphatic heterocycles. The molecule has 2 aromatic heterocycles. The molecule has 2 aromatic carbocycles. The van der Waals surface area contributed by atoms with Gasteiger partial charge in [-0.25, -0.2) is 4.98 Å². The maximum Gasteiger partial charge on any atom is 0.139 e. The van der Waals surface area contributed by atoms with Gasteiger partial charge in [0.2, 0.25) is 0 Å². The summed E-state index contributed by atoms with van der Waals surface area (Å²) < 4.78 is 0. The number of aromatic nitrogens is 2. The first-order valence-corrected chi connectivity index (χ1v) is 7.47. The van der Waals surface area contributed by atoms with Gasteiger partial charge in [-0.3, -0.25) is 4.98 Å². The highest BCUT2D eigenvalue weighted by atomic mass is 15.0. The summed E-state index contributed by atoms with van der Waals surface area (Å²) in [5.41, 5.74) is 3.00. The van der Waals surface area contributed by atoms with E-state index in [-0.39, 0.29) is 0 Å². The van der Waals surface area contributed by atoms with Gasteiger partial charge in [0.15, 0.2) is 0 Å². The fraction of sp³-hybridized carbons (Fsp3) is 0. The van der Waals surface area contributed by atoms with E-state index in [2.05, 4.69) is 22.9 Å². The predicted molar refractivity (Wildman–Crippen MR) is 96.9 cm³/mol. The van der Waals surface area contributed by atoms with Gasteiger partial charge in [0, 0.05) is 34.2 Å². The van der Waals surface area contributed by atoms with Gasteiger partial charge in [-0.1, -0.05) is 43.0 Å². The maximum absolute atomic E-state index is 4.82. The Morgan fingerprint density at radius 3 is 2.61 bits per heavy atom. The predicted octanol–water partition coefficient (Wildman–Crippen LogP) is 5.17. The van der Waals surface area contributed by atoms with Gasteiger partial charge in [0.05, 0.1) is 5.52 Å². The number of para-hydroxylation sites is 1. The topological polar surface area (TPSA) is 37.8 Å². The molecule has 0 aliphatic rings. The smallest absolute Gasteiger partial charge is 0.139 e. The van der Waals surface area contributed by atoms with Crippen LogP contribution in [-0.4, -0.2) is 9.97 Å². The minimum Gasteiger partial charge on any atom is -0.340 e. The van der Waals surface area contributed by atoms with Gasteiger partial charge >= 0.3 is 0 Å². The quantitative estimate of drug-likeness (QED) is 0.530. The van der Waals surface area contributed by atoms with E-state index < -0.39 is 0 Å². The van der Waals surface area contributed by atoms with E-state index in [0.29, 0.717) is 0 Å². The SMILES string of the molecule is C=Cc1ccc2c(c1)nc(Nc1ccccc1)c1ccncc12. The van der Waals surface area contributed by atoms with Gasteiger partial charge in [-0.15, -0.1) is 0 Å². The van der Waals surface area contributed by atoms with Crippen molar-refractivity contribution in [2.75, 3.05) is 5.32 Å². The molecule has 0 aliphatic carbocycles. The van der Waals surface area contributed by atoms with E-state index in [9.17, 15) is 0 Å². The summed E-state index contributed by atoms with van der Waals surface area (Å²) in [6.45, 7) is 3.83. The Labute approximate surface area is 134 Å². The molecule has 4 rings (SSSR count). The number of nitrogens with zero attached hydrogens (tertiary/aromatic N) is 2. The average molecular weight is 297 g/mol. The van der Waals surface area contributed by atoms with Crippen molar-refractivity contribution in [2.24, 2.45) is 0 Å². The molecule has 0 saturated carbocycles. The van der Waals surface area contributed by atoms with Crippen LogP contribution in [0.25, 0.3) is 27.8 Å². The van der Waals surface area contributed by atoms with Gasteiger partial charge in [-0.2, -0.15) is 0 Å². The summed E-state index contributed by atoms with van der Waals surface area (Å²) in [7, 11) is 0. The Kier molecular flexibility index (Phi) is 3.24. The molecule has 0 bridgehead atoms. The van der Waals surface area contributed by atoms with Crippen LogP contribution in [0, 0.1) is 0 Å². The highest BCUT2D eigenvalue weighted by molar-refractivity contribution is 6.10. The Morgan fingerprint density at radius 2 is 1.78 bits per heavy atom. The third-order valence-electron chi connectivity index (χ3n) is 3.89. The first-order valence-electron chi connectivity index (χ1n) is 7.47. The molecule has 0 amide bonds. The highest BCUT2D eigenvalue weighted by Gasteiger charge is 2.09. The van der Waals surface area contributed by atoms with Crippen molar-refractivity contribution in [3.63, 3.8) is 0 Å². The Balaban J connectivity index is 1.98. The number of rotatable bonds is 3. The van der Waals surface area contributed by atoms with E-state index in [1.807, 2.05) is 60.8 Å². The van der Waals surface area contributed by atoms with Gasteiger partial charge < -0.3 is 5.32 Å². The summed E-state index contributed by atoms with van der Waals surface area (Å²) in [6, 6.07) is 18.2. The number of anilines is 2. The van der Waals surface area contributed by atoms with Gasteiger partial charge in [-0.05, 0) is 29.8 Å². The van der Waals surface area contributed by atoms with Gasteiger partial charge in [0.1, 0.15) is 5.82 Å². The number of pyridine rings is 2. The van der Waals surface area contributed by atoms with Crippen LogP contribution in [0.3, 0.4) is 0 Å². The molecule has 1 N–H and O–H groups in total. The lowest BCUT2D eigenvalue weighted by molar-refractivity contribution is 1.34. The van der Waals surface area contributed by atoms with Crippen LogP contribution in [0.2, 0.25) is 0 Å². The molecule has 0 atom stereocenters. The lowest BCUT2D eigenvalue weighted by atomic mass is 10.1. The summed E-state index contributed by atoms with van der Waals surface area (Å²) in [6.07, 6.45) is 5.52. The lowest BCUT2D eigenvalue weighted by Crippen LogP contribution is -1.96. The molecule has 23 heavy (non-hydrogen) atoms. The molecule has 2 heterocycles. The number of hydrogen-bond donors (Lipinski definition) is 1. The minimum absolute atomic E-state index is 0.835. The Morgan fingerprint density at radius 1 is 0.913 bits per heavy atom. The molecule has 3 nitrogen and oxygen atoms in total. The lowest BCUT2D eigenvalue weighted by Gasteiger charge is -2.11. The fourth-order valence-electron chi connectivity index (χ4n) is 2.75. The normalized spacial score (nSPS) is 10.8. The average Bonchev–Trinajstić information content (AvgIpc) is 2.62. The van der Waals surface area contributed by atoms with Crippen molar-refractivity contribution >= 4 is 39.3 Å². The van der Waals surface area contributed by atoms with E-state index in [4.69, 9.17) is 4.98 Å². The van der Waals surface area contributed by atoms with E-state index >= 15 is 0 Å². The van der Waals surface area contributed by atoms with E-state index in [1.165, 1.54) is 0 Å². The molecular formula is C20H15N3. The van der Waals surface area contributed by atoms with Crippen molar-refractivity contribution in [3.8, 4) is 0 Å². The van der Waals surface area contributed by atoms with Crippen molar-refractivity contribution in [1.29, 1.82) is 0 Å². The monoisotopic (exact) mass is 297 g/mol. The standard InChI is InChI=1S/C20H15N3/c1-2-14-8-9-16-18-13-21-11-10-17(18)20(23-19(16)12-14)22-15-6-4-3-5-7-15/h2-13H,1H2,(H,22,23). The molecule has 0 fully saturated rings. The zero-order chi connectivity index (χ0) is 15.6. The second-order valence-electron chi connectivity index (χ2n) is 5.35. The largest absolute Gasteiger partial charge is 0.340 e. The van der Waals surface area contributed by atoms with Crippen molar-refractivity contribution in [1.82, 2.24) is 9.97 Å². The Bertz CT molecular complexity index is 1010. The molecule has 3 heteroatoms. The fourth-order valence-corrected chi connectivity index (χ4v) is 2.75. The zero-order valence-corrected chi connectivity index (χ0v) is 12.5.